The number of carbonyl (C=O) groups is 1. The lowest BCUT2D eigenvalue weighted by Crippen LogP contribution is -2.13. The summed E-state index contributed by atoms with van der Waals surface area (Å²) in [5.41, 5.74) is 1.38. The zero-order valence-corrected chi connectivity index (χ0v) is 13.7. The van der Waals surface area contributed by atoms with E-state index in [1.165, 1.54) is 36.4 Å². The van der Waals surface area contributed by atoms with Crippen molar-refractivity contribution in [2.24, 2.45) is 0 Å². The van der Waals surface area contributed by atoms with Crippen molar-refractivity contribution >= 4 is 12.0 Å². The van der Waals surface area contributed by atoms with Gasteiger partial charge in [0.05, 0.1) is 6.10 Å². The third kappa shape index (κ3) is 5.46. The van der Waals surface area contributed by atoms with Gasteiger partial charge in [-0.3, -0.25) is 0 Å². The lowest BCUT2D eigenvalue weighted by atomic mass is 10.1. The number of aromatic hydroxyl groups is 4. The quantitative estimate of drug-likeness (QED) is 0.364. The standard InChI is InChI=1S/C19H20O6/c1-12(2-3-13-4-7-15(20)17(22)10-13)25-19(24)9-6-14-5-8-16(21)18(23)11-14/h4-12,20-23H,2-3H2,1H3. The first-order valence-corrected chi connectivity index (χ1v) is 7.76. The summed E-state index contributed by atoms with van der Waals surface area (Å²) >= 11 is 0. The Hall–Kier alpha value is -3.15. The Labute approximate surface area is 145 Å². The molecular weight excluding hydrogens is 324 g/mol. The van der Waals surface area contributed by atoms with Gasteiger partial charge in [0.2, 0.25) is 0 Å². The van der Waals surface area contributed by atoms with Crippen LogP contribution in [0.25, 0.3) is 6.08 Å². The summed E-state index contributed by atoms with van der Waals surface area (Å²) in [5.74, 6) is -1.36. The van der Waals surface area contributed by atoms with Crippen LogP contribution in [0, 0.1) is 0 Å². The Balaban J connectivity index is 1.83. The van der Waals surface area contributed by atoms with Crippen LogP contribution in [0.1, 0.15) is 24.5 Å². The molecule has 0 saturated heterocycles. The van der Waals surface area contributed by atoms with Crippen molar-refractivity contribution in [2.45, 2.75) is 25.9 Å². The Morgan fingerprint density at radius 1 is 1.00 bits per heavy atom. The van der Waals surface area contributed by atoms with E-state index >= 15 is 0 Å². The fraction of sp³-hybridized carbons (Fsp3) is 0.211. The van der Waals surface area contributed by atoms with Gasteiger partial charge in [0, 0.05) is 6.08 Å². The van der Waals surface area contributed by atoms with Crippen molar-refractivity contribution in [3.8, 4) is 23.0 Å². The molecule has 2 aromatic carbocycles. The summed E-state index contributed by atoms with van der Waals surface area (Å²) in [6, 6.07) is 8.80. The molecular formula is C19H20O6. The number of hydrogen-bond acceptors (Lipinski definition) is 6. The summed E-state index contributed by atoms with van der Waals surface area (Å²) in [6.07, 6.45) is 3.53. The van der Waals surface area contributed by atoms with Crippen LogP contribution >= 0.6 is 0 Å². The third-order valence-corrected chi connectivity index (χ3v) is 3.61. The average molecular weight is 344 g/mol. The van der Waals surface area contributed by atoms with Crippen molar-refractivity contribution < 1.29 is 30.0 Å². The van der Waals surface area contributed by atoms with Crippen LogP contribution in [-0.4, -0.2) is 32.5 Å². The van der Waals surface area contributed by atoms with Gasteiger partial charge >= 0.3 is 5.97 Å². The first kappa shape index (κ1) is 18.2. The first-order chi connectivity index (χ1) is 11.8. The molecule has 2 aromatic rings. The number of carbonyl (C=O) groups excluding carboxylic acids is 1. The monoisotopic (exact) mass is 344 g/mol. The second-order valence-electron chi connectivity index (χ2n) is 5.69. The van der Waals surface area contributed by atoms with Gasteiger partial charge < -0.3 is 25.2 Å². The van der Waals surface area contributed by atoms with E-state index in [1.807, 2.05) is 0 Å². The molecule has 4 N–H and O–H groups in total. The van der Waals surface area contributed by atoms with Crippen molar-refractivity contribution in [3.63, 3.8) is 0 Å². The highest BCUT2D eigenvalue weighted by Crippen LogP contribution is 2.26. The summed E-state index contributed by atoms with van der Waals surface area (Å²) in [6.45, 7) is 1.76. The maximum atomic E-state index is 11.8. The highest BCUT2D eigenvalue weighted by atomic mass is 16.5. The summed E-state index contributed by atoms with van der Waals surface area (Å²) in [7, 11) is 0. The number of esters is 1. The minimum absolute atomic E-state index is 0.173. The lowest BCUT2D eigenvalue weighted by molar-refractivity contribution is -0.142. The van der Waals surface area contributed by atoms with Gasteiger partial charge in [-0.15, -0.1) is 0 Å². The molecule has 25 heavy (non-hydrogen) atoms. The Morgan fingerprint density at radius 2 is 1.64 bits per heavy atom. The van der Waals surface area contributed by atoms with Crippen LogP contribution in [0.15, 0.2) is 42.5 Å². The van der Waals surface area contributed by atoms with E-state index in [0.717, 1.165) is 5.56 Å². The Kier molecular flexibility index (Phi) is 5.89. The maximum Gasteiger partial charge on any atom is 0.331 e. The molecule has 0 saturated carbocycles. The number of phenolic OH excluding ortho intramolecular Hbond substituents is 4. The van der Waals surface area contributed by atoms with Gasteiger partial charge in [-0.05, 0) is 61.2 Å². The number of phenols is 4. The molecule has 6 nitrogen and oxygen atoms in total. The van der Waals surface area contributed by atoms with Gasteiger partial charge in [0.15, 0.2) is 23.0 Å². The minimum Gasteiger partial charge on any atom is -0.504 e. The molecule has 0 aliphatic carbocycles. The molecule has 0 spiro atoms. The summed E-state index contributed by atoms with van der Waals surface area (Å²) in [4.78, 5) is 11.8. The lowest BCUT2D eigenvalue weighted by Gasteiger charge is -2.12. The van der Waals surface area contributed by atoms with Gasteiger partial charge in [-0.25, -0.2) is 4.79 Å². The van der Waals surface area contributed by atoms with Gasteiger partial charge in [0.25, 0.3) is 0 Å². The first-order valence-electron chi connectivity index (χ1n) is 7.76. The number of rotatable bonds is 6. The number of ether oxygens (including phenoxy) is 1. The molecule has 0 radical (unpaired) electrons. The van der Waals surface area contributed by atoms with Crippen LogP contribution in [0.5, 0.6) is 23.0 Å². The smallest absolute Gasteiger partial charge is 0.331 e. The second-order valence-corrected chi connectivity index (χ2v) is 5.69. The van der Waals surface area contributed by atoms with E-state index in [1.54, 1.807) is 19.1 Å². The number of benzene rings is 2. The van der Waals surface area contributed by atoms with Crippen molar-refractivity contribution in [3.05, 3.63) is 53.6 Å². The largest absolute Gasteiger partial charge is 0.504 e. The fourth-order valence-corrected chi connectivity index (χ4v) is 2.20. The topological polar surface area (TPSA) is 107 Å². The predicted molar refractivity (Wildman–Crippen MR) is 92.5 cm³/mol. The van der Waals surface area contributed by atoms with E-state index in [4.69, 9.17) is 4.74 Å². The predicted octanol–water partition coefficient (Wildman–Crippen LogP) is 3.09. The van der Waals surface area contributed by atoms with E-state index in [-0.39, 0.29) is 29.1 Å². The Morgan fingerprint density at radius 3 is 2.28 bits per heavy atom. The summed E-state index contributed by atoms with van der Waals surface area (Å²) in [5, 5.41) is 37.3. The molecule has 1 atom stereocenters. The molecule has 0 amide bonds. The van der Waals surface area contributed by atoms with Crippen LogP contribution in [0.3, 0.4) is 0 Å². The molecule has 1 unspecified atom stereocenters. The highest BCUT2D eigenvalue weighted by molar-refractivity contribution is 5.87. The van der Waals surface area contributed by atoms with Crippen molar-refractivity contribution in [1.29, 1.82) is 0 Å². The molecule has 0 bridgehead atoms. The van der Waals surface area contributed by atoms with Crippen LogP contribution in [0.2, 0.25) is 0 Å². The zero-order valence-electron chi connectivity index (χ0n) is 13.7. The molecule has 0 aliphatic rings. The molecule has 0 aliphatic heterocycles. The fourth-order valence-electron chi connectivity index (χ4n) is 2.20. The van der Waals surface area contributed by atoms with E-state index in [2.05, 4.69) is 0 Å². The van der Waals surface area contributed by atoms with Crippen LogP contribution in [-0.2, 0) is 16.0 Å². The molecule has 0 fully saturated rings. The molecule has 0 aromatic heterocycles. The zero-order chi connectivity index (χ0) is 18.4. The van der Waals surface area contributed by atoms with Gasteiger partial charge in [0.1, 0.15) is 0 Å². The molecule has 0 heterocycles. The maximum absolute atomic E-state index is 11.8. The number of aryl methyl sites for hydroxylation is 1. The number of hydrogen-bond donors (Lipinski definition) is 4. The Bertz CT molecular complexity index is 781. The molecule has 2 rings (SSSR count). The molecule has 132 valence electrons. The minimum atomic E-state index is -0.520. The highest BCUT2D eigenvalue weighted by Gasteiger charge is 2.09. The second kappa shape index (κ2) is 8.10. The van der Waals surface area contributed by atoms with E-state index in [0.29, 0.717) is 18.4 Å². The molecule has 6 heteroatoms. The van der Waals surface area contributed by atoms with Gasteiger partial charge in [-0.1, -0.05) is 12.1 Å². The van der Waals surface area contributed by atoms with Crippen LogP contribution in [0.4, 0.5) is 0 Å². The average Bonchev–Trinajstić information content (AvgIpc) is 2.57. The SMILES string of the molecule is CC(CCc1ccc(O)c(O)c1)OC(=O)C=Cc1ccc(O)c(O)c1. The third-order valence-electron chi connectivity index (χ3n) is 3.61. The van der Waals surface area contributed by atoms with E-state index < -0.39 is 5.97 Å². The van der Waals surface area contributed by atoms with Crippen molar-refractivity contribution in [1.82, 2.24) is 0 Å². The summed E-state index contributed by atoms with van der Waals surface area (Å²) < 4.78 is 5.25. The van der Waals surface area contributed by atoms with Crippen LogP contribution < -0.4 is 0 Å². The van der Waals surface area contributed by atoms with Gasteiger partial charge in [-0.2, -0.15) is 0 Å². The van der Waals surface area contributed by atoms with E-state index in [9.17, 15) is 25.2 Å². The van der Waals surface area contributed by atoms with Crippen molar-refractivity contribution in [2.75, 3.05) is 0 Å². The normalized spacial score (nSPS) is 12.2.